The fourth-order valence-electron chi connectivity index (χ4n) is 5.45. The van der Waals surface area contributed by atoms with Gasteiger partial charge in [-0.25, -0.2) is 14.2 Å². The molecule has 2 aliphatic rings. The van der Waals surface area contributed by atoms with Gasteiger partial charge >= 0.3 is 11.7 Å². The maximum absolute atomic E-state index is 13.5. The smallest absolute Gasteiger partial charge is 0.335 e. The number of ether oxygens (including phenoxy) is 2. The van der Waals surface area contributed by atoms with Crippen LogP contribution in [0, 0.1) is 5.41 Å². The summed E-state index contributed by atoms with van der Waals surface area (Å²) in [6.45, 7) is 5.06. The summed E-state index contributed by atoms with van der Waals surface area (Å²) >= 11 is 0. The number of aromatic nitrogens is 2. The molecule has 0 radical (unpaired) electrons. The molecule has 0 bridgehead atoms. The van der Waals surface area contributed by atoms with Crippen molar-refractivity contribution in [2.24, 2.45) is 12.5 Å². The first-order valence-electron chi connectivity index (χ1n) is 13.2. The molecule has 2 aliphatic heterocycles. The second kappa shape index (κ2) is 10.8. The van der Waals surface area contributed by atoms with Gasteiger partial charge in [0.1, 0.15) is 6.04 Å². The first kappa shape index (κ1) is 26.8. The number of carbonyl (C=O) groups excluding carboxylic acids is 2. The van der Waals surface area contributed by atoms with Gasteiger partial charge in [0.2, 0.25) is 5.91 Å². The van der Waals surface area contributed by atoms with Crippen LogP contribution in [0.25, 0.3) is 16.5 Å². The zero-order valence-corrected chi connectivity index (χ0v) is 22.5. The maximum Gasteiger partial charge on any atom is 0.335 e. The van der Waals surface area contributed by atoms with E-state index in [2.05, 4.69) is 10.2 Å². The molecule has 0 unspecified atom stereocenters. The van der Waals surface area contributed by atoms with Gasteiger partial charge in [-0.1, -0.05) is 37.3 Å². The van der Waals surface area contributed by atoms with E-state index < -0.39 is 28.7 Å². The summed E-state index contributed by atoms with van der Waals surface area (Å²) in [7, 11) is 2.89. The first-order valence-corrected chi connectivity index (χ1v) is 13.2. The predicted molar refractivity (Wildman–Crippen MR) is 146 cm³/mol. The number of hydrogen-bond donors (Lipinski definition) is 1. The van der Waals surface area contributed by atoms with Crippen LogP contribution in [-0.2, 0) is 32.5 Å². The monoisotopic (exact) mass is 534 g/mol. The molecule has 10 nitrogen and oxygen atoms in total. The number of piperidine rings is 1. The molecule has 5 rings (SSSR count). The van der Waals surface area contributed by atoms with Crippen LogP contribution in [-0.4, -0.2) is 71.4 Å². The highest BCUT2D eigenvalue weighted by Crippen LogP contribution is 2.33. The SMILES string of the molecule is COC(=O)[C@H](Cc1cccc2c(-n3c(=O)ccn(C)c3=O)cccc12)NC(=O)C1(C)CCN(C2COC2)CC1. The van der Waals surface area contributed by atoms with Crippen molar-refractivity contribution in [3.8, 4) is 5.69 Å². The van der Waals surface area contributed by atoms with Crippen molar-refractivity contribution >= 4 is 22.6 Å². The van der Waals surface area contributed by atoms with Crippen molar-refractivity contribution in [1.82, 2.24) is 19.4 Å². The highest BCUT2D eigenvalue weighted by Gasteiger charge is 2.41. The Kier molecular flexibility index (Phi) is 7.42. The molecule has 206 valence electrons. The van der Waals surface area contributed by atoms with Gasteiger partial charge in [0.25, 0.3) is 5.56 Å². The molecule has 10 heteroatoms. The van der Waals surface area contributed by atoms with Crippen molar-refractivity contribution in [1.29, 1.82) is 0 Å². The molecule has 0 aliphatic carbocycles. The fourth-order valence-corrected chi connectivity index (χ4v) is 5.45. The summed E-state index contributed by atoms with van der Waals surface area (Å²) in [5.41, 5.74) is -0.233. The van der Waals surface area contributed by atoms with Gasteiger partial charge < -0.3 is 19.4 Å². The van der Waals surface area contributed by atoms with Gasteiger partial charge in [-0.05, 0) is 42.9 Å². The van der Waals surface area contributed by atoms with Gasteiger partial charge in [-0.2, -0.15) is 0 Å². The van der Waals surface area contributed by atoms with Crippen molar-refractivity contribution in [3.05, 3.63) is 75.1 Å². The number of methoxy groups -OCH3 is 1. The van der Waals surface area contributed by atoms with Gasteiger partial charge in [0.05, 0.1) is 32.1 Å². The highest BCUT2D eigenvalue weighted by atomic mass is 16.5. The number of amides is 1. The zero-order chi connectivity index (χ0) is 27.7. The molecule has 1 amide bonds. The van der Waals surface area contributed by atoms with Crippen molar-refractivity contribution in [2.45, 2.75) is 38.3 Å². The molecule has 2 aromatic carbocycles. The standard InChI is InChI=1S/C29H34N4O6/c1-29(11-14-32(15-12-29)20-17-39-18-20)27(36)30-23(26(35)38-3)16-19-6-4-8-22-21(19)7-5-9-24(22)33-25(34)10-13-31(2)28(33)37/h4-10,13,20,23H,11-12,14-18H2,1-3H3,(H,30,36)/t23-/m0/s1. The molecule has 1 aromatic heterocycles. The van der Waals surface area contributed by atoms with Crippen LogP contribution >= 0.6 is 0 Å². The highest BCUT2D eigenvalue weighted by molar-refractivity contribution is 5.94. The number of benzene rings is 2. The summed E-state index contributed by atoms with van der Waals surface area (Å²) in [6, 6.07) is 11.8. The first-order chi connectivity index (χ1) is 18.7. The lowest BCUT2D eigenvalue weighted by atomic mass is 9.78. The number of esters is 1. The quantitative estimate of drug-likeness (QED) is 0.456. The van der Waals surface area contributed by atoms with E-state index in [-0.39, 0.29) is 12.3 Å². The van der Waals surface area contributed by atoms with E-state index in [1.165, 1.54) is 23.9 Å². The van der Waals surface area contributed by atoms with E-state index in [0.29, 0.717) is 30.0 Å². The molecule has 0 spiro atoms. The Balaban J connectivity index is 1.41. The largest absolute Gasteiger partial charge is 0.467 e. The Hall–Kier alpha value is -3.76. The fraction of sp³-hybridized carbons (Fsp3) is 0.448. The number of aryl methyl sites for hydroxylation is 1. The van der Waals surface area contributed by atoms with Gasteiger partial charge in [0, 0.05) is 36.5 Å². The third-order valence-electron chi connectivity index (χ3n) is 8.19. The number of nitrogens with zero attached hydrogens (tertiary/aromatic N) is 3. The van der Waals surface area contributed by atoms with Crippen LogP contribution in [0.1, 0.15) is 25.3 Å². The van der Waals surface area contributed by atoms with Gasteiger partial charge in [-0.3, -0.25) is 14.5 Å². The second-order valence-corrected chi connectivity index (χ2v) is 10.7. The minimum absolute atomic E-state index is 0.164. The van der Waals surface area contributed by atoms with E-state index in [9.17, 15) is 19.2 Å². The molecule has 0 saturated carbocycles. The van der Waals surface area contributed by atoms with Crippen LogP contribution in [0.4, 0.5) is 0 Å². The predicted octanol–water partition coefficient (Wildman–Crippen LogP) is 1.39. The molecule has 3 aromatic rings. The number of carbonyl (C=O) groups is 2. The number of nitrogens with one attached hydrogen (secondary N) is 1. The number of likely N-dealkylation sites (tertiary alicyclic amines) is 1. The minimum Gasteiger partial charge on any atom is -0.467 e. The van der Waals surface area contributed by atoms with E-state index >= 15 is 0 Å². The summed E-state index contributed by atoms with van der Waals surface area (Å²) in [4.78, 5) is 54.1. The molecule has 2 fully saturated rings. The Bertz CT molecular complexity index is 1510. The van der Waals surface area contributed by atoms with Crippen LogP contribution in [0.2, 0.25) is 0 Å². The lowest BCUT2D eigenvalue weighted by Crippen LogP contribution is -2.56. The zero-order valence-electron chi connectivity index (χ0n) is 22.5. The summed E-state index contributed by atoms with van der Waals surface area (Å²) in [6.07, 6.45) is 3.03. The van der Waals surface area contributed by atoms with Crippen molar-refractivity contribution in [2.75, 3.05) is 33.4 Å². The van der Waals surface area contributed by atoms with Crippen LogP contribution in [0.5, 0.6) is 0 Å². The second-order valence-electron chi connectivity index (χ2n) is 10.7. The number of fused-ring (bicyclic) bond motifs is 1. The van der Waals surface area contributed by atoms with Crippen LogP contribution in [0.3, 0.4) is 0 Å². The summed E-state index contributed by atoms with van der Waals surface area (Å²) in [5, 5.41) is 4.44. The average molecular weight is 535 g/mol. The third kappa shape index (κ3) is 5.14. The Labute approximate surface area is 226 Å². The summed E-state index contributed by atoms with van der Waals surface area (Å²) in [5.74, 6) is -0.694. The van der Waals surface area contributed by atoms with Crippen molar-refractivity contribution < 1.29 is 19.1 Å². The number of rotatable bonds is 7. The summed E-state index contributed by atoms with van der Waals surface area (Å²) < 4.78 is 12.8. The Morgan fingerprint density at radius 3 is 2.44 bits per heavy atom. The van der Waals surface area contributed by atoms with E-state index in [1.54, 1.807) is 19.2 Å². The average Bonchev–Trinajstić information content (AvgIpc) is 2.90. The Morgan fingerprint density at radius 1 is 1.08 bits per heavy atom. The molecule has 39 heavy (non-hydrogen) atoms. The normalized spacial score (nSPS) is 18.3. The molecular weight excluding hydrogens is 500 g/mol. The maximum atomic E-state index is 13.5. The third-order valence-corrected chi connectivity index (χ3v) is 8.19. The van der Waals surface area contributed by atoms with Crippen LogP contribution < -0.4 is 16.6 Å². The molecular formula is C29H34N4O6. The topological polar surface area (TPSA) is 112 Å². The van der Waals surface area contributed by atoms with E-state index in [4.69, 9.17) is 9.47 Å². The molecule has 1 atom stereocenters. The number of hydrogen-bond acceptors (Lipinski definition) is 7. The van der Waals surface area contributed by atoms with E-state index in [0.717, 1.165) is 41.8 Å². The van der Waals surface area contributed by atoms with Crippen molar-refractivity contribution in [3.63, 3.8) is 0 Å². The van der Waals surface area contributed by atoms with E-state index in [1.807, 2.05) is 31.2 Å². The van der Waals surface area contributed by atoms with Gasteiger partial charge in [0.15, 0.2) is 0 Å². The molecule has 1 N–H and O–H groups in total. The van der Waals surface area contributed by atoms with Gasteiger partial charge in [-0.15, -0.1) is 0 Å². The molecule has 2 saturated heterocycles. The Morgan fingerprint density at radius 2 is 1.77 bits per heavy atom. The minimum atomic E-state index is -0.890. The molecule has 3 heterocycles. The lowest BCUT2D eigenvalue weighted by molar-refractivity contribution is -0.147. The lowest BCUT2D eigenvalue weighted by Gasteiger charge is -2.44. The van der Waals surface area contributed by atoms with Crippen LogP contribution in [0.15, 0.2) is 58.3 Å².